The first kappa shape index (κ1) is 21.9. The Morgan fingerprint density at radius 2 is 2.03 bits per heavy atom. The van der Waals surface area contributed by atoms with Gasteiger partial charge in [-0.3, -0.25) is 4.90 Å². The van der Waals surface area contributed by atoms with Gasteiger partial charge in [-0.2, -0.15) is 0 Å². The van der Waals surface area contributed by atoms with Crippen LogP contribution in [0.1, 0.15) is 45.9 Å². The quantitative estimate of drug-likeness (QED) is 0.691. The molecule has 174 valence electrons. The van der Waals surface area contributed by atoms with Crippen molar-refractivity contribution in [3.63, 3.8) is 0 Å². The van der Waals surface area contributed by atoms with Crippen molar-refractivity contribution < 1.29 is 9.53 Å². The third kappa shape index (κ3) is 3.96. The highest BCUT2D eigenvalue weighted by Crippen LogP contribution is 2.44. The fraction of sp³-hybridized carbons (Fsp3) is 0.708. The van der Waals surface area contributed by atoms with Crippen LogP contribution in [0.3, 0.4) is 0 Å². The number of rotatable bonds is 4. The van der Waals surface area contributed by atoms with Crippen LogP contribution in [-0.4, -0.2) is 76.8 Å². The molecule has 3 fully saturated rings. The van der Waals surface area contributed by atoms with Crippen LogP contribution in [-0.2, 0) is 11.2 Å². The van der Waals surface area contributed by atoms with E-state index in [0.29, 0.717) is 17.4 Å². The van der Waals surface area contributed by atoms with Gasteiger partial charge in [0.2, 0.25) is 0 Å². The highest BCUT2D eigenvalue weighted by molar-refractivity contribution is 7.18. The Balaban J connectivity index is 1.15. The van der Waals surface area contributed by atoms with Crippen molar-refractivity contribution in [3.8, 4) is 0 Å². The third-order valence-corrected chi connectivity index (χ3v) is 8.53. The summed E-state index contributed by atoms with van der Waals surface area (Å²) in [5.74, 6) is 1.65. The third-order valence-electron chi connectivity index (χ3n) is 7.34. The lowest BCUT2D eigenvalue weighted by Crippen LogP contribution is -2.66. The van der Waals surface area contributed by atoms with Crippen LogP contribution in [0.4, 0.5) is 10.6 Å². The Morgan fingerprint density at radius 3 is 2.72 bits per heavy atom. The molecule has 32 heavy (non-hydrogen) atoms. The molecule has 0 N–H and O–H groups in total. The largest absolute Gasteiger partial charge is 0.444 e. The molecule has 1 atom stereocenters. The number of carbonyl (C=O) groups excluding carboxylic acids is 1. The second kappa shape index (κ2) is 7.83. The highest BCUT2D eigenvalue weighted by atomic mass is 32.1. The van der Waals surface area contributed by atoms with Crippen molar-refractivity contribution in [1.82, 2.24) is 19.8 Å². The zero-order valence-electron chi connectivity index (χ0n) is 19.9. The molecule has 1 spiro atoms. The van der Waals surface area contributed by atoms with Gasteiger partial charge in [-0.05, 0) is 46.6 Å². The predicted molar refractivity (Wildman–Crippen MR) is 128 cm³/mol. The van der Waals surface area contributed by atoms with E-state index in [1.807, 2.05) is 25.7 Å². The van der Waals surface area contributed by atoms with Crippen LogP contribution in [0.15, 0.2) is 12.4 Å². The molecule has 2 aromatic heterocycles. The van der Waals surface area contributed by atoms with Gasteiger partial charge in [0.15, 0.2) is 0 Å². The topological polar surface area (TPSA) is 61.8 Å². The summed E-state index contributed by atoms with van der Waals surface area (Å²) >= 11 is 1.79. The molecular weight excluding hydrogens is 422 g/mol. The molecular formula is C24H35N5O2S. The van der Waals surface area contributed by atoms with Gasteiger partial charge < -0.3 is 14.5 Å². The molecule has 0 aromatic carbocycles. The first-order chi connectivity index (χ1) is 15.2. The molecule has 0 radical (unpaired) electrons. The molecule has 2 aromatic rings. The van der Waals surface area contributed by atoms with E-state index < -0.39 is 5.60 Å². The highest BCUT2D eigenvalue weighted by Gasteiger charge is 2.51. The number of hydrogen-bond donors (Lipinski definition) is 0. The molecule has 5 rings (SSSR count). The van der Waals surface area contributed by atoms with Crippen LogP contribution in [0.25, 0.3) is 10.2 Å². The molecule has 3 aliphatic rings. The van der Waals surface area contributed by atoms with E-state index in [-0.39, 0.29) is 6.09 Å². The number of aryl methyl sites for hydroxylation is 1. The van der Waals surface area contributed by atoms with Crippen molar-refractivity contribution in [2.75, 3.05) is 44.2 Å². The second-order valence-corrected chi connectivity index (χ2v) is 12.1. The van der Waals surface area contributed by atoms with E-state index in [4.69, 9.17) is 4.74 Å². The first-order valence-electron chi connectivity index (χ1n) is 11.9. The Morgan fingerprint density at radius 1 is 1.28 bits per heavy atom. The van der Waals surface area contributed by atoms with Crippen molar-refractivity contribution in [2.45, 2.75) is 59.1 Å². The molecule has 1 amide bonds. The SMILES string of the molecule is CCc1cc2c(N3CCC4(C3)CN([C@H](C)C3CN(C(=O)OC(C)(C)C)C3)C4)ncnc2s1. The van der Waals surface area contributed by atoms with Crippen molar-refractivity contribution in [2.24, 2.45) is 11.3 Å². The zero-order chi connectivity index (χ0) is 22.7. The monoisotopic (exact) mass is 457 g/mol. The summed E-state index contributed by atoms with van der Waals surface area (Å²) in [5, 5.41) is 1.22. The number of anilines is 1. The molecule has 0 saturated carbocycles. The van der Waals surface area contributed by atoms with Gasteiger partial charge in [0.25, 0.3) is 0 Å². The summed E-state index contributed by atoms with van der Waals surface area (Å²) in [7, 11) is 0. The molecule has 8 heteroatoms. The van der Waals surface area contributed by atoms with Crippen molar-refractivity contribution >= 4 is 33.5 Å². The van der Waals surface area contributed by atoms with Crippen LogP contribution in [0.2, 0.25) is 0 Å². The average Bonchev–Trinajstić information content (AvgIpc) is 3.28. The predicted octanol–water partition coefficient (Wildman–Crippen LogP) is 4.02. The van der Waals surface area contributed by atoms with Crippen LogP contribution < -0.4 is 4.90 Å². The average molecular weight is 458 g/mol. The van der Waals surface area contributed by atoms with Crippen LogP contribution in [0, 0.1) is 11.3 Å². The van der Waals surface area contributed by atoms with Gasteiger partial charge in [0, 0.05) is 61.5 Å². The van der Waals surface area contributed by atoms with Gasteiger partial charge in [-0.1, -0.05) is 6.92 Å². The van der Waals surface area contributed by atoms with Crippen LogP contribution in [0.5, 0.6) is 0 Å². The molecule has 5 heterocycles. The maximum absolute atomic E-state index is 12.2. The van der Waals surface area contributed by atoms with Gasteiger partial charge in [0.05, 0.1) is 5.39 Å². The lowest BCUT2D eigenvalue weighted by molar-refractivity contribution is -0.0640. The number of aromatic nitrogens is 2. The van der Waals surface area contributed by atoms with E-state index in [0.717, 1.165) is 56.3 Å². The van der Waals surface area contributed by atoms with Gasteiger partial charge in [0.1, 0.15) is 22.6 Å². The lowest BCUT2D eigenvalue weighted by Gasteiger charge is -2.55. The molecule has 0 aliphatic carbocycles. The summed E-state index contributed by atoms with van der Waals surface area (Å²) in [6, 6.07) is 2.78. The summed E-state index contributed by atoms with van der Waals surface area (Å²) in [6.07, 6.45) is 3.81. The number of likely N-dealkylation sites (tertiary alicyclic amines) is 2. The maximum atomic E-state index is 12.2. The minimum absolute atomic E-state index is 0.178. The van der Waals surface area contributed by atoms with E-state index in [2.05, 4.69) is 39.7 Å². The minimum atomic E-state index is -0.428. The summed E-state index contributed by atoms with van der Waals surface area (Å²) in [5.41, 5.74) is -0.0495. The Hall–Kier alpha value is -1.93. The van der Waals surface area contributed by atoms with Gasteiger partial charge in [-0.15, -0.1) is 11.3 Å². The summed E-state index contributed by atoms with van der Waals surface area (Å²) < 4.78 is 5.50. The number of nitrogens with zero attached hydrogens (tertiary/aromatic N) is 5. The number of fused-ring (bicyclic) bond motifs is 1. The van der Waals surface area contributed by atoms with Gasteiger partial charge in [-0.25, -0.2) is 14.8 Å². The Kier molecular flexibility index (Phi) is 5.36. The molecule has 3 aliphatic heterocycles. The van der Waals surface area contributed by atoms with E-state index in [9.17, 15) is 4.79 Å². The Labute approximate surface area is 194 Å². The zero-order valence-corrected chi connectivity index (χ0v) is 20.7. The molecule has 7 nitrogen and oxygen atoms in total. The lowest BCUT2D eigenvalue weighted by atomic mass is 9.76. The normalized spacial score (nSPS) is 22.3. The van der Waals surface area contributed by atoms with Crippen molar-refractivity contribution in [1.29, 1.82) is 0 Å². The maximum Gasteiger partial charge on any atom is 0.410 e. The molecule has 3 saturated heterocycles. The van der Waals surface area contributed by atoms with E-state index >= 15 is 0 Å². The standard InChI is InChI=1S/C24H35N5O2S/c1-6-18-9-19-20(25-15-26-21(19)32-18)27-8-7-24(12-27)13-29(14-24)16(2)17-10-28(11-17)22(30)31-23(3,4)5/h9,15-17H,6-8,10-14H2,1-5H3/t16-/m1/s1. The summed E-state index contributed by atoms with van der Waals surface area (Å²) in [4.78, 5) is 30.8. The van der Waals surface area contributed by atoms with Gasteiger partial charge >= 0.3 is 6.09 Å². The first-order valence-corrected chi connectivity index (χ1v) is 12.7. The molecule has 0 unspecified atom stereocenters. The minimum Gasteiger partial charge on any atom is -0.444 e. The summed E-state index contributed by atoms with van der Waals surface area (Å²) in [6.45, 7) is 16.3. The van der Waals surface area contributed by atoms with Crippen molar-refractivity contribution in [3.05, 3.63) is 17.3 Å². The number of thiophene rings is 1. The van der Waals surface area contributed by atoms with E-state index in [1.165, 1.54) is 16.7 Å². The smallest absolute Gasteiger partial charge is 0.410 e. The van der Waals surface area contributed by atoms with Crippen LogP contribution >= 0.6 is 11.3 Å². The number of hydrogen-bond acceptors (Lipinski definition) is 7. The number of amides is 1. The fourth-order valence-corrected chi connectivity index (χ4v) is 6.32. The number of ether oxygens (including phenoxy) is 1. The Bertz CT molecular complexity index is 1000. The fourth-order valence-electron chi connectivity index (χ4n) is 5.39. The molecule has 0 bridgehead atoms. The van der Waals surface area contributed by atoms with E-state index in [1.54, 1.807) is 17.7 Å². The number of carbonyl (C=O) groups is 1. The second-order valence-electron chi connectivity index (χ2n) is 10.9.